The average molecular weight is 445 g/mol. The van der Waals surface area contributed by atoms with Gasteiger partial charge in [-0.2, -0.15) is 0 Å². The Labute approximate surface area is 163 Å². The highest BCUT2D eigenvalue weighted by molar-refractivity contribution is 14.0. The maximum atomic E-state index is 5.19. The Balaban J connectivity index is 0.00000288. The Morgan fingerprint density at radius 1 is 1.21 bits per heavy atom. The first-order chi connectivity index (χ1) is 11.2. The lowest BCUT2D eigenvalue weighted by Crippen LogP contribution is -2.46. The maximum Gasteiger partial charge on any atom is 0.191 e. The van der Waals surface area contributed by atoms with Crippen LogP contribution in [0.4, 0.5) is 0 Å². The molecule has 0 amide bonds. The first-order valence-electron chi connectivity index (χ1n) is 8.80. The fourth-order valence-corrected chi connectivity index (χ4v) is 3.10. The second-order valence-corrected chi connectivity index (χ2v) is 6.51. The molecule has 1 saturated carbocycles. The summed E-state index contributed by atoms with van der Waals surface area (Å²) in [7, 11) is 1.72. The second-order valence-electron chi connectivity index (χ2n) is 6.51. The van der Waals surface area contributed by atoms with Gasteiger partial charge in [0.05, 0.1) is 13.2 Å². The third-order valence-corrected chi connectivity index (χ3v) is 4.86. The lowest BCUT2D eigenvalue weighted by atomic mass is 9.67. The predicted molar refractivity (Wildman–Crippen MR) is 112 cm³/mol. The van der Waals surface area contributed by atoms with Crippen molar-refractivity contribution in [3.63, 3.8) is 0 Å². The normalized spacial score (nSPS) is 16.0. The van der Waals surface area contributed by atoms with Gasteiger partial charge in [0.25, 0.3) is 0 Å². The van der Waals surface area contributed by atoms with Crippen LogP contribution in [0.1, 0.15) is 50.7 Å². The number of rotatable bonds is 8. The minimum atomic E-state index is 0. The lowest BCUT2D eigenvalue weighted by molar-refractivity contribution is 0.131. The van der Waals surface area contributed by atoms with Crippen molar-refractivity contribution in [2.24, 2.45) is 10.4 Å². The molecule has 0 heterocycles. The van der Waals surface area contributed by atoms with Crippen molar-refractivity contribution in [2.75, 3.05) is 20.2 Å². The molecule has 0 spiro atoms. The molecule has 0 radical (unpaired) electrons. The number of ether oxygens (including phenoxy) is 1. The van der Waals surface area contributed by atoms with E-state index in [2.05, 4.69) is 48.7 Å². The highest BCUT2D eigenvalue weighted by Gasteiger charge is 2.34. The molecule has 1 aliphatic carbocycles. The van der Waals surface area contributed by atoms with E-state index in [-0.39, 0.29) is 24.0 Å². The summed E-state index contributed by atoms with van der Waals surface area (Å²) in [5.41, 5.74) is 2.90. The minimum absolute atomic E-state index is 0. The highest BCUT2D eigenvalue weighted by Crippen LogP contribution is 2.42. The van der Waals surface area contributed by atoms with Gasteiger partial charge in [0.15, 0.2) is 5.96 Å². The number of hydrogen-bond acceptors (Lipinski definition) is 2. The summed E-state index contributed by atoms with van der Waals surface area (Å²) in [5, 5.41) is 6.89. The van der Waals surface area contributed by atoms with Gasteiger partial charge in [-0.1, -0.05) is 37.6 Å². The highest BCUT2D eigenvalue weighted by atomic mass is 127. The summed E-state index contributed by atoms with van der Waals surface area (Å²) in [6, 6.07) is 8.43. The summed E-state index contributed by atoms with van der Waals surface area (Å²) < 4.78 is 5.19. The molecule has 0 unspecified atom stereocenters. The van der Waals surface area contributed by atoms with Crippen LogP contribution in [0.2, 0.25) is 0 Å². The van der Waals surface area contributed by atoms with Crippen LogP contribution in [0, 0.1) is 5.41 Å². The van der Waals surface area contributed by atoms with Crippen LogP contribution in [-0.4, -0.2) is 26.2 Å². The monoisotopic (exact) mass is 445 g/mol. The molecule has 2 rings (SSSR count). The molecule has 1 aromatic rings. The van der Waals surface area contributed by atoms with Crippen LogP contribution in [-0.2, 0) is 17.9 Å². The number of guanidine groups is 1. The van der Waals surface area contributed by atoms with Crippen molar-refractivity contribution in [3.8, 4) is 0 Å². The van der Waals surface area contributed by atoms with E-state index >= 15 is 0 Å². The van der Waals surface area contributed by atoms with Crippen molar-refractivity contribution >= 4 is 29.9 Å². The lowest BCUT2D eigenvalue weighted by Gasteiger charge is -2.41. The van der Waals surface area contributed by atoms with Gasteiger partial charge in [0.2, 0.25) is 0 Å². The van der Waals surface area contributed by atoms with Crippen LogP contribution in [0.3, 0.4) is 0 Å². The summed E-state index contributed by atoms with van der Waals surface area (Å²) >= 11 is 0. The fraction of sp³-hybridized carbons (Fsp3) is 0.632. The largest absolute Gasteiger partial charge is 0.380 e. The van der Waals surface area contributed by atoms with Crippen molar-refractivity contribution in [3.05, 3.63) is 35.4 Å². The van der Waals surface area contributed by atoms with Gasteiger partial charge >= 0.3 is 0 Å². The van der Waals surface area contributed by atoms with Crippen LogP contribution in [0.5, 0.6) is 0 Å². The van der Waals surface area contributed by atoms with E-state index in [0.717, 1.165) is 19.0 Å². The number of nitrogens with zero attached hydrogens (tertiary/aromatic N) is 1. The van der Waals surface area contributed by atoms with E-state index in [9.17, 15) is 0 Å². The Hall–Kier alpha value is -0.820. The molecular weight excluding hydrogens is 413 g/mol. The van der Waals surface area contributed by atoms with Gasteiger partial charge in [-0.25, -0.2) is 4.99 Å². The maximum absolute atomic E-state index is 5.19. The van der Waals surface area contributed by atoms with E-state index in [1.807, 2.05) is 0 Å². The summed E-state index contributed by atoms with van der Waals surface area (Å²) in [5.74, 6) is 0.921. The Kier molecular flexibility index (Phi) is 9.66. The first kappa shape index (κ1) is 21.2. The minimum Gasteiger partial charge on any atom is -0.380 e. The predicted octanol–water partition coefficient (Wildman–Crippen LogP) is 4.09. The Morgan fingerprint density at radius 2 is 1.96 bits per heavy atom. The molecule has 4 nitrogen and oxygen atoms in total. The molecule has 0 saturated heterocycles. The van der Waals surface area contributed by atoms with Gasteiger partial charge in [-0.15, -0.1) is 24.0 Å². The second kappa shape index (κ2) is 10.9. The summed E-state index contributed by atoms with van der Waals surface area (Å²) in [4.78, 5) is 4.73. The molecule has 24 heavy (non-hydrogen) atoms. The molecule has 2 N–H and O–H groups in total. The van der Waals surface area contributed by atoms with Gasteiger partial charge in [-0.3, -0.25) is 0 Å². The van der Waals surface area contributed by atoms with E-state index in [4.69, 9.17) is 9.73 Å². The molecule has 136 valence electrons. The molecule has 0 aromatic heterocycles. The van der Waals surface area contributed by atoms with Crippen LogP contribution in [0.15, 0.2) is 29.3 Å². The molecule has 5 heteroatoms. The third kappa shape index (κ3) is 6.24. The fourth-order valence-electron chi connectivity index (χ4n) is 3.10. The smallest absolute Gasteiger partial charge is 0.191 e. The zero-order valence-corrected chi connectivity index (χ0v) is 17.6. The number of benzene rings is 1. The first-order valence-corrected chi connectivity index (χ1v) is 8.80. The van der Waals surface area contributed by atoms with E-state index in [1.165, 1.54) is 36.8 Å². The van der Waals surface area contributed by atoms with Crippen LogP contribution >= 0.6 is 24.0 Å². The molecule has 0 aliphatic heterocycles. The number of hydrogen-bond donors (Lipinski definition) is 2. The average Bonchev–Trinajstić information content (AvgIpc) is 2.52. The van der Waals surface area contributed by atoms with E-state index < -0.39 is 0 Å². The van der Waals surface area contributed by atoms with Crippen LogP contribution < -0.4 is 10.6 Å². The zero-order valence-electron chi connectivity index (χ0n) is 15.2. The number of nitrogens with one attached hydrogen (secondary N) is 2. The van der Waals surface area contributed by atoms with E-state index in [1.54, 1.807) is 7.11 Å². The molecule has 0 atom stereocenters. The van der Waals surface area contributed by atoms with Crippen molar-refractivity contribution < 1.29 is 4.74 Å². The van der Waals surface area contributed by atoms with Gasteiger partial charge in [0.1, 0.15) is 0 Å². The number of halogens is 1. The SMILES string of the molecule is CCNC(=NCc1cccc(COC)c1)NCC1(CC)CCC1.I. The topological polar surface area (TPSA) is 45.7 Å². The number of methoxy groups -OCH3 is 1. The van der Waals surface area contributed by atoms with Crippen LogP contribution in [0.25, 0.3) is 0 Å². The molecule has 1 aliphatic rings. The molecule has 0 bridgehead atoms. The van der Waals surface area contributed by atoms with Gasteiger partial charge < -0.3 is 15.4 Å². The van der Waals surface area contributed by atoms with Gasteiger partial charge in [-0.05, 0) is 42.7 Å². The quantitative estimate of drug-likeness (QED) is 0.360. The molecule has 1 fully saturated rings. The Bertz CT molecular complexity index is 510. The zero-order chi connectivity index (χ0) is 16.5. The molecule has 1 aromatic carbocycles. The Morgan fingerprint density at radius 3 is 2.54 bits per heavy atom. The third-order valence-electron chi connectivity index (χ3n) is 4.86. The summed E-state index contributed by atoms with van der Waals surface area (Å²) in [6.07, 6.45) is 5.30. The van der Waals surface area contributed by atoms with Crippen molar-refractivity contribution in [2.45, 2.75) is 52.7 Å². The standard InChI is InChI=1S/C19H31N3O.HI/c1-4-19(10-7-11-19)15-22-18(20-5-2)21-13-16-8-6-9-17(12-16)14-23-3;/h6,8-9,12H,4-5,7,10-11,13-15H2,1-3H3,(H2,20,21,22);1H. The van der Waals surface area contributed by atoms with Crippen molar-refractivity contribution in [1.82, 2.24) is 10.6 Å². The number of aliphatic imine (C=N–C) groups is 1. The summed E-state index contributed by atoms with van der Waals surface area (Å²) in [6.45, 7) is 7.65. The van der Waals surface area contributed by atoms with Crippen molar-refractivity contribution in [1.29, 1.82) is 0 Å². The van der Waals surface area contributed by atoms with E-state index in [0.29, 0.717) is 18.6 Å². The molecular formula is C19H32IN3O. The van der Waals surface area contributed by atoms with Gasteiger partial charge in [0, 0.05) is 20.2 Å².